The molecule has 0 aromatic carbocycles. The first-order valence-corrected chi connectivity index (χ1v) is 13.6. The zero-order chi connectivity index (χ0) is 26.6. The largest absolute Gasteiger partial charge is 0.481 e. The van der Waals surface area contributed by atoms with Gasteiger partial charge in [0.1, 0.15) is 11.8 Å². The van der Waals surface area contributed by atoms with E-state index in [-0.39, 0.29) is 12.5 Å². The summed E-state index contributed by atoms with van der Waals surface area (Å²) in [6, 6.07) is -1.35. The molecule has 2 rings (SSSR count). The summed E-state index contributed by atoms with van der Waals surface area (Å²) in [7, 11) is 0. The summed E-state index contributed by atoms with van der Waals surface area (Å²) in [5.41, 5.74) is -1.50. The Morgan fingerprint density at radius 1 is 1.06 bits per heavy atom. The van der Waals surface area contributed by atoms with E-state index >= 15 is 0 Å². The second-order valence-corrected chi connectivity index (χ2v) is 10.7. The predicted octanol–water partition coefficient (Wildman–Crippen LogP) is 1.76. The number of likely N-dealkylation sites (N-methyl/N-ethyl adjacent to an activating group) is 1. The fourth-order valence-electron chi connectivity index (χ4n) is 5.40. The monoisotopic (exact) mass is 510 g/mol. The van der Waals surface area contributed by atoms with Crippen molar-refractivity contribution in [3.05, 3.63) is 0 Å². The average Bonchev–Trinajstić information content (AvgIpc) is 2.82. The molecule has 1 saturated heterocycles. The lowest BCUT2D eigenvalue weighted by Crippen LogP contribution is -2.56. The number of aliphatic carboxylic acids is 1. The van der Waals surface area contributed by atoms with Crippen LogP contribution in [0, 0.1) is 11.8 Å². The van der Waals surface area contributed by atoms with Crippen molar-refractivity contribution in [3.63, 3.8) is 0 Å². The topological polar surface area (TPSA) is 148 Å². The van der Waals surface area contributed by atoms with E-state index in [1.165, 1.54) is 18.2 Å². The molecule has 2 fully saturated rings. The van der Waals surface area contributed by atoms with Crippen LogP contribution in [0.25, 0.3) is 0 Å². The number of aliphatic hydroxyl groups is 1. The van der Waals surface area contributed by atoms with Crippen LogP contribution in [0.2, 0.25) is 0 Å². The highest BCUT2D eigenvalue weighted by atomic mass is 16.4. The van der Waals surface area contributed by atoms with Crippen LogP contribution in [0.5, 0.6) is 0 Å². The van der Waals surface area contributed by atoms with Gasteiger partial charge < -0.3 is 31.1 Å². The maximum atomic E-state index is 12.8. The molecular weight excluding hydrogens is 464 g/mol. The van der Waals surface area contributed by atoms with Gasteiger partial charge in [0.2, 0.25) is 17.7 Å². The molecule has 1 aliphatic heterocycles. The van der Waals surface area contributed by atoms with Gasteiger partial charge in [0.25, 0.3) is 0 Å². The zero-order valence-corrected chi connectivity index (χ0v) is 22.0. The molecule has 0 aromatic rings. The van der Waals surface area contributed by atoms with Gasteiger partial charge in [-0.05, 0) is 70.9 Å². The van der Waals surface area contributed by atoms with Gasteiger partial charge in [0.15, 0.2) is 0 Å². The number of carbonyl (C=O) groups is 4. The van der Waals surface area contributed by atoms with Gasteiger partial charge in [0, 0.05) is 13.0 Å². The first-order chi connectivity index (χ1) is 17.1. The molecule has 0 spiro atoms. The Balaban J connectivity index is 1.85. The van der Waals surface area contributed by atoms with Crippen molar-refractivity contribution in [2.45, 2.75) is 103 Å². The highest BCUT2D eigenvalue weighted by Gasteiger charge is 2.32. The minimum absolute atomic E-state index is 0.128. The highest BCUT2D eigenvalue weighted by Crippen LogP contribution is 2.29. The molecule has 1 saturated carbocycles. The average molecular weight is 511 g/mol. The molecule has 10 heteroatoms. The number of nitrogens with one attached hydrogen (secondary N) is 3. The van der Waals surface area contributed by atoms with Gasteiger partial charge >= 0.3 is 5.97 Å². The Hall–Kier alpha value is -2.20. The second-order valence-electron chi connectivity index (χ2n) is 10.7. The number of hydrogen-bond acceptors (Lipinski definition) is 6. The Kier molecular flexibility index (Phi) is 12.6. The van der Waals surface area contributed by atoms with Gasteiger partial charge in [-0.15, -0.1) is 0 Å². The van der Waals surface area contributed by atoms with Gasteiger partial charge in [-0.25, -0.2) is 0 Å². The van der Waals surface area contributed by atoms with E-state index in [1.807, 2.05) is 0 Å². The van der Waals surface area contributed by atoms with Crippen LogP contribution in [0.4, 0.5) is 0 Å². The predicted molar refractivity (Wildman–Crippen MR) is 136 cm³/mol. The van der Waals surface area contributed by atoms with Crippen LogP contribution < -0.4 is 16.0 Å². The first-order valence-electron chi connectivity index (χ1n) is 13.6. The quantitative estimate of drug-likeness (QED) is 0.224. The third-order valence-electron chi connectivity index (χ3n) is 7.36. The molecule has 0 radical (unpaired) electrons. The Labute approximate surface area is 214 Å². The van der Waals surface area contributed by atoms with Crippen LogP contribution in [0.3, 0.4) is 0 Å². The minimum atomic E-state index is -1.50. The van der Waals surface area contributed by atoms with Gasteiger partial charge in [0.05, 0.1) is 13.0 Å². The van der Waals surface area contributed by atoms with Crippen LogP contribution in [-0.4, -0.2) is 76.7 Å². The zero-order valence-electron chi connectivity index (χ0n) is 22.0. The standard InChI is InChI=1S/C26H46N4O6/c1-3-30(23(32)11-7-10-19-12-14-27-15-13-19)18-22(31)28-21(16-24(33)34)25(35)29-26(2,36)17-20-8-5-4-6-9-20/h19-21,27,36H,3-18H2,1-2H3,(H,28,31)(H,29,35)(H,33,34)/t21-,26?/m0/s1. The molecule has 0 aromatic heterocycles. The fourth-order valence-corrected chi connectivity index (χ4v) is 5.40. The second kappa shape index (κ2) is 15.1. The van der Waals surface area contributed by atoms with Crippen molar-refractivity contribution in [2.24, 2.45) is 11.8 Å². The third-order valence-corrected chi connectivity index (χ3v) is 7.36. The van der Waals surface area contributed by atoms with Crippen molar-refractivity contribution in [3.8, 4) is 0 Å². The lowest BCUT2D eigenvalue weighted by molar-refractivity contribution is -0.143. The molecule has 206 valence electrons. The lowest BCUT2D eigenvalue weighted by Gasteiger charge is -2.32. The molecule has 10 nitrogen and oxygen atoms in total. The van der Waals surface area contributed by atoms with Crippen LogP contribution in [0.15, 0.2) is 0 Å². The molecule has 1 unspecified atom stereocenters. The van der Waals surface area contributed by atoms with Gasteiger partial charge in [-0.1, -0.05) is 32.1 Å². The number of nitrogens with zero attached hydrogens (tertiary/aromatic N) is 1. The summed E-state index contributed by atoms with van der Waals surface area (Å²) < 4.78 is 0. The summed E-state index contributed by atoms with van der Waals surface area (Å²) in [6.07, 6.45) is 9.44. The number of rotatable bonds is 14. The van der Waals surface area contributed by atoms with Crippen molar-refractivity contribution in [1.29, 1.82) is 0 Å². The molecule has 3 amide bonds. The number of hydrogen-bond donors (Lipinski definition) is 5. The van der Waals surface area contributed by atoms with E-state index in [1.54, 1.807) is 6.92 Å². The van der Waals surface area contributed by atoms with E-state index in [0.717, 1.165) is 64.5 Å². The minimum Gasteiger partial charge on any atom is -0.481 e. The number of carboxylic acids is 1. The number of amides is 3. The van der Waals surface area contributed by atoms with E-state index in [4.69, 9.17) is 0 Å². The molecule has 1 aliphatic carbocycles. The third kappa shape index (κ3) is 11.2. The number of carbonyl (C=O) groups excluding carboxylic acids is 3. The smallest absolute Gasteiger partial charge is 0.305 e. The van der Waals surface area contributed by atoms with Crippen molar-refractivity contribution >= 4 is 23.7 Å². The van der Waals surface area contributed by atoms with Crippen LogP contribution in [0.1, 0.15) is 90.9 Å². The normalized spacial score (nSPS) is 19.6. The number of carboxylic acid groups (broad SMARTS) is 1. The number of piperidine rings is 1. The molecule has 2 atom stereocenters. The van der Waals surface area contributed by atoms with Crippen molar-refractivity contribution in [2.75, 3.05) is 26.2 Å². The summed E-state index contributed by atoms with van der Waals surface area (Å²) in [4.78, 5) is 50.9. The molecule has 2 aliphatic rings. The summed E-state index contributed by atoms with van der Waals surface area (Å²) in [5, 5.41) is 28.3. The maximum absolute atomic E-state index is 12.8. The Morgan fingerprint density at radius 3 is 2.33 bits per heavy atom. The summed E-state index contributed by atoms with van der Waals surface area (Å²) >= 11 is 0. The Morgan fingerprint density at radius 2 is 1.72 bits per heavy atom. The van der Waals surface area contributed by atoms with Crippen molar-refractivity contribution in [1.82, 2.24) is 20.9 Å². The Bertz CT molecular complexity index is 732. The molecule has 36 heavy (non-hydrogen) atoms. The lowest BCUT2D eigenvalue weighted by atomic mass is 9.84. The van der Waals surface area contributed by atoms with E-state index < -0.39 is 36.0 Å². The van der Waals surface area contributed by atoms with Crippen LogP contribution in [-0.2, 0) is 19.2 Å². The van der Waals surface area contributed by atoms with Crippen LogP contribution >= 0.6 is 0 Å². The van der Waals surface area contributed by atoms with E-state index in [0.29, 0.717) is 31.2 Å². The first kappa shape index (κ1) is 30.0. The van der Waals surface area contributed by atoms with Crippen molar-refractivity contribution < 1.29 is 29.4 Å². The maximum Gasteiger partial charge on any atom is 0.305 e. The molecular formula is C26H46N4O6. The summed E-state index contributed by atoms with van der Waals surface area (Å²) in [6.45, 7) is 5.40. The fraction of sp³-hybridized carbons (Fsp3) is 0.846. The van der Waals surface area contributed by atoms with Gasteiger partial charge in [-0.2, -0.15) is 0 Å². The van der Waals surface area contributed by atoms with E-state index in [9.17, 15) is 29.4 Å². The molecule has 1 heterocycles. The summed E-state index contributed by atoms with van der Waals surface area (Å²) in [5.74, 6) is -1.80. The van der Waals surface area contributed by atoms with Gasteiger partial charge in [-0.3, -0.25) is 19.2 Å². The van der Waals surface area contributed by atoms with E-state index in [2.05, 4.69) is 16.0 Å². The highest BCUT2D eigenvalue weighted by molar-refractivity contribution is 5.92. The molecule has 5 N–H and O–H groups in total. The SMILES string of the molecule is CCN(CC(=O)N[C@@H](CC(=O)O)C(=O)NC(C)(O)CC1CCCCC1)C(=O)CCCC1CCNCC1. The molecule has 0 bridgehead atoms.